The summed E-state index contributed by atoms with van der Waals surface area (Å²) in [6, 6.07) is 11.6. The van der Waals surface area contributed by atoms with Crippen LogP contribution in [0, 0.1) is 5.92 Å². The number of hydrogen-bond acceptors (Lipinski definition) is 6. The van der Waals surface area contributed by atoms with Crippen LogP contribution in [0.4, 0.5) is 5.69 Å². The van der Waals surface area contributed by atoms with Crippen molar-refractivity contribution in [1.82, 2.24) is 10.6 Å². The third kappa shape index (κ3) is 9.02. The van der Waals surface area contributed by atoms with Crippen LogP contribution in [-0.4, -0.2) is 54.1 Å². The molecule has 0 aliphatic carbocycles. The van der Waals surface area contributed by atoms with Crippen LogP contribution in [0.25, 0.3) is 10.8 Å². The van der Waals surface area contributed by atoms with Crippen molar-refractivity contribution < 1.29 is 29.0 Å². The molecule has 0 saturated heterocycles. The summed E-state index contributed by atoms with van der Waals surface area (Å²) in [6.45, 7) is 1.12. The maximum Gasteiger partial charge on any atom is 0.305 e. The van der Waals surface area contributed by atoms with Gasteiger partial charge in [0, 0.05) is 24.6 Å². The van der Waals surface area contributed by atoms with Crippen LogP contribution in [0.2, 0.25) is 0 Å². The second kappa shape index (κ2) is 14.1. The fraction of sp³-hybridized carbons (Fsp3) is 0.429. The Bertz CT molecular complexity index is 1130. The van der Waals surface area contributed by atoms with Crippen LogP contribution in [0.5, 0.6) is 0 Å². The summed E-state index contributed by atoms with van der Waals surface area (Å²) in [5.74, 6) is -2.58. The first kappa shape index (κ1) is 27.9. The average molecular weight is 510 g/mol. The number of rotatable bonds is 6. The van der Waals surface area contributed by atoms with E-state index < -0.39 is 35.8 Å². The number of anilines is 1. The van der Waals surface area contributed by atoms with Crippen molar-refractivity contribution in [2.45, 2.75) is 57.5 Å². The molecule has 3 rings (SSSR count). The normalized spacial score (nSPS) is 20.3. The lowest BCUT2D eigenvalue weighted by Gasteiger charge is -2.22. The van der Waals surface area contributed by atoms with Crippen LogP contribution >= 0.6 is 0 Å². The van der Waals surface area contributed by atoms with Crippen molar-refractivity contribution in [3.8, 4) is 0 Å². The molecule has 3 atom stereocenters. The highest BCUT2D eigenvalue weighted by molar-refractivity contribution is 5.99. The number of aliphatic hydroxyl groups is 1. The predicted molar refractivity (Wildman–Crippen MR) is 140 cm³/mol. The van der Waals surface area contributed by atoms with Crippen LogP contribution in [-0.2, 0) is 23.9 Å². The Morgan fingerprint density at radius 1 is 1.11 bits per heavy atom. The Morgan fingerprint density at radius 3 is 2.68 bits per heavy atom. The molecule has 2 aromatic rings. The number of allylic oxidation sites excluding steroid dienone is 2. The monoisotopic (exact) mass is 509 g/mol. The van der Waals surface area contributed by atoms with Crippen LogP contribution in [0.15, 0.2) is 54.6 Å². The van der Waals surface area contributed by atoms with Gasteiger partial charge in [-0.1, -0.05) is 42.5 Å². The summed E-state index contributed by atoms with van der Waals surface area (Å²) in [6.07, 6.45) is 6.37. The standard InChI is InChI=1S/C28H35N3O6/c1-19(17-32)29-25(33)16-22-11-5-3-2-4-6-12-26(34)37-18-24(31-27(22)35)28(36)30-23-14-13-20-9-7-8-10-21(20)15-23/h3,5,7-10,13-15,19,22,24,32H,2,4,6,11-12,16-18H2,1H3,(H,29,33)(H,30,36)(H,31,35). The molecule has 37 heavy (non-hydrogen) atoms. The molecule has 1 aliphatic heterocycles. The van der Waals surface area contributed by atoms with Gasteiger partial charge in [-0.15, -0.1) is 0 Å². The highest BCUT2D eigenvalue weighted by atomic mass is 16.5. The maximum atomic E-state index is 13.2. The van der Waals surface area contributed by atoms with Gasteiger partial charge in [-0.2, -0.15) is 0 Å². The topological polar surface area (TPSA) is 134 Å². The Morgan fingerprint density at radius 2 is 1.89 bits per heavy atom. The number of ether oxygens (including phenoxy) is 1. The van der Waals surface area contributed by atoms with Gasteiger partial charge in [0.15, 0.2) is 0 Å². The molecule has 9 heteroatoms. The van der Waals surface area contributed by atoms with E-state index in [1.807, 2.05) is 48.6 Å². The quantitative estimate of drug-likeness (QED) is 0.350. The van der Waals surface area contributed by atoms with E-state index >= 15 is 0 Å². The first-order valence-electron chi connectivity index (χ1n) is 12.7. The highest BCUT2D eigenvalue weighted by Crippen LogP contribution is 2.19. The third-order valence-electron chi connectivity index (χ3n) is 6.13. The van der Waals surface area contributed by atoms with Gasteiger partial charge in [0.1, 0.15) is 12.6 Å². The molecule has 0 spiro atoms. The Kier molecular flexibility index (Phi) is 10.6. The Balaban J connectivity index is 1.77. The first-order chi connectivity index (χ1) is 17.9. The van der Waals surface area contributed by atoms with E-state index in [2.05, 4.69) is 16.0 Å². The van der Waals surface area contributed by atoms with E-state index in [4.69, 9.17) is 4.74 Å². The molecule has 4 N–H and O–H groups in total. The number of nitrogens with one attached hydrogen (secondary N) is 3. The minimum absolute atomic E-state index is 0.112. The fourth-order valence-corrected chi connectivity index (χ4v) is 4.01. The molecule has 3 unspecified atom stereocenters. The van der Waals surface area contributed by atoms with Gasteiger partial charge in [0.2, 0.25) is 11.8 Å². The molecule has 0 saturated carbocycles. The number of amides is 3. The van der Waals surface area contributed by atoms with E-state index in [9.17, 15) is 24.3 Å². The van der Waals surface area contributed by atoms with Gasteiger partial charge in [-0.25, -0.2) is 0 Å². The fourth-order valence-electron chi connectivity index (χ4n) is 4.01. The number of esters is 1. The zero-order chi connectivity index (χ0) is 26.6. The van der Waals surface area contributed by atoms with Gasteiger partial charge in [-0.05, 0) is 55.5 Å². The number of benzene rings is 2. The SMILES string of the molecule is CC(CO)NC(=O)CC1CC=CCCCCC(=O)OCC(C(=O)Nc2ccc3ccccc3c2)NC1=O. The lowest BCUT2D eigenvalue weighted by Crippen LogP contribution is -2.49. The number of carbonyl (C=O) groups excluding carboxylic acids is 4. The summed E-state index contributed by atoms with van der Waals surface area (Å²) in [7, 11) is 0. The summed E-state index contributed by atoms with van der Waals surface area (Å²) in [5, 5.41) is 19.3. The maximum absolute atomic E-state index is 13.2. The van der Waals surface area contributed by atoms with Crippen molar-refractivity contribution in [3.63, 3.8) is 0 Å². The molecule has 0 fully saturated rings. The number of hydrogen-bond donors (Lipinski definition) is 4. The van der Waals surface area contributed by atoms with Gasteiger partial charge in [0.05, 0.1) is 12.5 Å². The zero-order valence-electron chi connectivity index (χ0n) is 21.1. The van der Waals surface area contributed by atoms with Crippen molar-refractivity contribution in [2.24, 2.45) is 5.92 Å². The molecule has 1 aliphatic rings. The minimum atomic E-state index is -1.14. The molecular weight excluding hydrogens is 474 g/mol. The largest absolute Gasteiger partial charge is 0.463 e. The van der Waals surface area contributed by atoms with Crippen LogP contribution in [0.1, 0.15) is 45.4 Å². The second-order valence-electron chi connectivity index (χ2n) is 9.30. The lowest BCUT2D eigenvalue weighted by molar-refractivity contribution is -0.146. The van der Waals surface area contributed by atoms with E-state index in [0.29, 0.717) is 18.5 Å². The average Bonchev–Trinajstić information content (AvgIpc) is 2.88. The van der Waals surface area contributed by atoms with Crippen molar-refractivity contribution in [2.75, 3.05) is 18.5 Å². The summed E-state index contributed by atoms with van der Waals surface area (Å²) in [5.41, 5.74) is 0.542. The molecule has 0 radical (unpaired) electrons. The number of cyclic esters (lactones) is 1. The van der Waals surface area contributed by atoms with Gasteiger partial charge in [0.25, 0.3) is 5.91 Å². The van der Waals surface area contributed by atoms with Gasteiger partial charge in [-0.3, -0.25) is 19.2 Å². The van der Waals surface area contributed by atoms with Crippen molar-refractivity contribution in [3.05, 3.63) is 54.6 Å². The minimum Gasteiger partial charge on any atom is -0.463 e. The molecule has 0 aromatic heterocycles. The smallest absolute Gasteiger partial charge is 0.305 e. The summed E-state index contributed by atoms with van der Waals surface area (Å²) >= 11 is 0. The van der Waals surface area contributed by atoms with E-state index in [1.54, 1.807) is 13.0 Å². The molecular formula is C28H35N3O6. The molecule has 3 amide bonds. The van der Waals surface area contributed by atoms with Crippen LogP contribution < -0.4 is 16.0 Å². The van der Waals surface area contributed by atoms with Crippen molar-refractivity contribution >= 4 is 40.2 Å². The molecule has 1 heterocycles. The number of aliphatic hydroxyl groups excluding tert-OH is 1. The van der Waals surface area contributed by atoms with E-state index in [-0.39, 0.29) is 32.0 Å². The number of fused-ring (bicyclic) bond motifs is 1. The molecule has 0 bridgehead atoms. The van der Waals surface area contributed by atoms with Gasteiger partial charge >= 0.3 is 5.97 Å². The second-order valence-corrected chi connectivity index (χ2v) is 9.30. The summed E-state index contributed by atoms with van der Waals surface area (Å²) < 4.78 is 5.32. The predicted octanol–water partition coefficient (Wildman–Crippen LogP) is 2.83. The highest BCUT2D eigenvalue weighted by Gasteiger charge is 2.28. The van der Waals surface area contributed by atoms with Gasteiger partial charge < -0.3 is 25.8 Å². The molecule has 198 valence electrons. The molecule has 9 nitrogen and oxygen atoms in total. The number of carbonyl (C=O) groups is 4. The third-order valence-corrected chi connectivity index (χ3v) is 6.13. The summed E-state index contributed by atoms with van der Waals surface area (Å²) in [4.78, 5) is 51.0. The zero-order valence-corrected chi connectivity index (χ0v) is 21.1. The first-order valence-corrected chi connectivity index (χ1v) is 12.7. The van der Waals surface area contributed by atoms with E-state index in [1.165, 1.54) is 0 Å². The van der Waals surface area contributed by atoms with Crippen molar-refractivity contribution in [1.29, 1.82) is 0 Å². The van der Waals surface area contributed by atoms with Crippen LogP contribution in [0.3, 0.4) is 0 Å². The van der Waals surface area contributed by atoms with E-state index in [0.717, 1.165) is 23.6 Å². The molecule has 2 aromatic carbocycles. The Hall–Kier alpha value is -3.72. The lowest BCUT2D eigenvalue weighted by atomic mass is 9.98. The Labute approximate surface area is 216 Å².